The average molecular weight is 293 g/mol. The van der Waals surface area contributed by atoms with E-state index >= 15 is 0 Å². The van der Waals surface area contributed by atoms with E-state index in [1.807, 2.05) is 30.3 Å². The molecule has 0 spiro atoms. The van der Waals surface area contributed by atoms with E-state index in [9.17, 15) is 9.18 Å². The molecule has 0 aliphatic rings. The Kier molecular flexibility index (Phi) is 4.71. The Morgan fingerprint density at radius 3 is 2.60 bits per heavy atom. The van der Waals surface area contributed by atoms with Crippen LogP contribution in [0.4, 0.5) is 10.1 Å². The fourth-order valence-electron chi connectivity index (χ4n) is 1.77. The summed E-state index contributed by atoms with van der Waals surface area (Å²) in [4.78, 5) is 11.9. The van der Waals surface area contributed by atoms with Crippen LogP contribution >= 0.6 is 11.6 Å². The van der Waals surface area contributed by atoms with Crippen molar-refractivity contribution >= 4 is 23.2 Å². The van der Waals surface area contributed by atoms with Gasteiger partial charge in [0.1, 0.15) is 5.82 Å². The van der Waals surface area contributed by atoms with Crippen molar-refractivity contribution in [1.82, 2.24) is 0 Å². The lowest BCUT2D eigenvalue weighted by Gasteiger charge is -2.12. The number of nitrogens with two attached hydrogens (primary N) is 1. The summed E-state index contributed by atoms with van der Waals surface area (Å²) in [6, 6.07) is 12.8. The van der Waals surface area contributed by atoms with E-state index in [1.54, 1.807) is 0 Å². The van der Waals surface area contributed by atoms with Gasteiger partial charge in [0.2, 0.25) is 5.91 Å². The third kappa shape index (κ3) is 3.79. The van der Waals surface area contributed by atoms with Crippen LogP contribution in [-0.2, 0) is 11.2 Å². The number of hydrogen-bond acceptors (Lipinski definition) is 2. The van der Waals surface area contributed by atoms with Crippen molar-refractivity contribution in [3.05, 3.63) is 64.9 Å². The van der Waals surface area contributed by atoms with Crippen molar-refractivity contribution in [2.45, 2.75) is 12.5 Å². The van der Waals surface area contributed by atoms with Crippen molar-refractivity contribution in [3.63, 3.8) is 0 Å². The fraction of sp³-hybridized carbons (Fsp3) is 0.133. The normalized spacial score (nSPS) is 11.9. The lowest BCUT2D eigenvalue weighted by molar-refractivity contribution is -0.117. The van der Waals surface area contributed by atoms with Gasteiger partial charge in [-0.25, -0.2) is 4.39 Å². The molecule has 2 rings (SSSR count). The molecule has 2 aromatic carbocycles. The Morgan fingerprint density at radius 2 is 1.95 bits per heavy atom. The van der Waals surface area contributed by atoms with Crippen LogP contribution in [0.2, 0.25) is 5.02 Å². The molecule has 1 atom stereocenters. The number of carbonyl (C=O) groups is 1. The number of rotatable bonds is 4. The van der Waals surface area contributed by atoms with Crippen molar-refractivity contribution in [1.29, 1.82) is 0 Å². The molecule has 5 heteroatoms. The van der Waals surface area contributed by atoms with Crippen LogP contribution < -0.4 is 11.1 Å². The zero-order valence-corrected chi connectivity index (χ0v) is 11.4. The number of halogens is 2. The van der Waals surface area contributed by atoms with E-state index in [0.29, 0.717) is 12.1 Å². The molecule has 0 fully saturated rings. The van der Waals surface area contributed by atoms with Gasteiger partial charge in [-0.15, -0.1) is 0 Å². The highest BCUT2D eigenvalue weighted by Gasteiger charge is 2.14. The lowest BCUT2D eigenvalue weighted by Crippen LogP contribution is -2.37. The summed E-state index contributed by atoms with van der Waals surface area (Å²) in [6.45, 7) is 0. The summed E-state index contributed by atoms with van der Waals surface area (Å²) in [7, 11) is 0. The van der Waals surface area contributed by atoms with E-state index < -0.39 is 11.9 Å². The largest absolute Gasteiger partial charge is 0.325 e. The molecule has 0 unspecified atom stereocenters. The molecule has 3 N–H and O–H groups in total. The standard InChI is InChI=1S/C15H14ClFN2O/c16-12-7-6-11(9-13(12)17)19-15(20)14(18)8-10-4-2-1-3-5-10/h1-7,9,14H,8,18H2,(H,19,20)/t14-/m0/s1. The fourth-order valence-corrected chi connectivity index (χ4v) is 1.89. The molecule has 1 amide bonds. The summed E-state index contributed by atoms with van der Waals surface area (Å²) in [5, 5.41) is 2.58. The maximum absolute atomic E-state index is 13.3. The molecule has 0 radical (unpaired) electrons. The first-order valence-electron chi connectivity index (χ1n) is 6.11. The zero-order valence-electron chi connectivity index (χ0n) is 10.6. The molecule has 0 aromatic heterocycles. The van der Waals surface area contributed by atoms with Crippen molar-refractivity contribution in [3.8, 4) is 0 Å². The van der Waals surface area contributed by atoms with Gasteiger partial charge in [0.15, 0.2) is 0 Å². The lowest BCUT2D eigenvalue weighted by atomic mass is 10.1. The first-order chi connectivity index (χ1) is 9.56. The van der Waals surface area contributed by atoms with Crippen LogP contribution in [0, 0.1) is 5.82 Å². The Bertz CT molecular complexity index is 604. The van der Waals surface area contributed by atoms with Gasteiger partial charge in [-0.05, 0) is 30.2 Å². The third-order valence-electron chi connectivity index (χ3n) is 2.82. The summed E-state index contributed by atoms with van der Waals surface area (Å²) in [5.74, 6) is -0.948. The van der Waals surface area contributed by atoms with Gasteiger partial charge in [-0.3, -0.25) is 4.79 Å². The first-order valence-corrected chi connectivity index (χ1v) is 6.49. The Balaban J connectivity index is 1.99. The van der Waals surface area contributed by atoms with E-state index in [2.05, 4.69) is 5.32 Å². The molecule has 0 saturated carbocycles. The van der Waals surface area contributed by atoms with Crippen LogP contribution in [0.1, 0.15) is 5.56 Å². The molecule has 0 aliphatic carbocycles. The van der Waals surface area contributed by atoms with E-state index in [-0.39, 0.29) is 10.9 Å². The maximum atomic E-state index is 13.3. The molecular formula is C15H14ClFN2O. The van der Waals surface area contributed by atoms with Crippen molar-refractivity contribution in [2.24, 2.45) is 5.73 Å². The van der Waals surface area contributed by atoms with Gasteiger partial charge in [0.05, 0.1) is 11.1 Å². The monoisotopic (exact) mass is 292 g/mol. The molecular weight excluding hydrogens is 279 g/mol. The van der Waals surface area contributed by atoms with Gasteiger partial charge < -0.3 is 11.1 Å². The van der Waals surface area contributed by atoms with E-state index in [0.717, 1.165) is 11.6 Å². The van der Waals surface area contributed by atoms with Crippen LogP contribution in [0.15, 0.2) is 48.5 Å². The van der Waals surface area contributed by atoms with E-state index in [4.69, 9.17) is 17.3 Å². The van der Waals surface area contributed by atoms with Gasteiger partial charge in [-0.2, -0.15) is 0 Å². The van der Waals surface area contributed by atoms with E-state index in [1.165, 1.54) is 12.1 Å². The van der Waals surface area contributed by atoms with Crippen molar-refractivity contribution in [2.75, 3.05) is 5.32 Å². The predicted octanol–water partition coefficient (Wildman–Crippen LogP) is 2.99. The van der Waals surface area contributed by atoms with Crippen LogP contribution in [-0.4, -0.2) is 11.9 Å². The number of nitrogens with one attached hydrogen (secondary N) is 1. The Morgan fingerprint density at radius 1 is 1.25 bits per heavy atom. The van der Waals surface area contributed by atoms with Gasteiger partial charge >= 0.3 is 0 Å². The predicted molar refractivity (Wildman–Crippen MR) is 78.2 cm³/mol. The third-order valence-corrected chi connectivity index (χ3v) is 3.13. The quantitative estimate of drug-likeness (QED) is 0.910. The highest BCUT2D eigenvalue weighted by Crippen LogP contribution is 2.18. The Hall–Kier alpha value is -1.91. The summed E-state index contributed by atoms with van der Waals surface area (Å²) in [5.41, 5.74) is 7.14. The smallest absolute Gasteiger partial charge is 0.241 e. The van der Waals surface area contributed by atoms with Gasteiger partial charge in [0.25, 0.3) is 0 Å². The number of amides is 1. The van der Waals surface area contributed by atoms with Crippen LogP contribution in [0.5, 0.6) is 0 Å². The minimum Gasteiger partial charge on any atom is -0.325 e. The number of hydrogen-bond donors (Lipinski definition) is 2. The molecule has 0 heterocycles. The molecule has 0 saturated heterocycles. The first kappa shape index (κ1) is 14.5. The van der Waals surface area contributed by atoms with Crippen LogP contribution in [0.25, 0.3) is 0 Å². The number of carbonyl (C=O) groups excluding carboxylic acids is 1. The molecule has 104 valence electrons. The summed E-state index contributed by atoms with van der Waals surface area (Å²) >= 11 is 5.57. The molecule has 2 aromatic rings. The second kappa shape index (κ2) is 6.50. The summed E-state index contributed by atoms with van der Waals surface area (Å²) < 4.78 is 13.3. The highest BCUT2D eigenvalue weighted by molar-refractivity contribution is 6.30. The average Bonchev–Trinajstić information content (AvgIpc) is 2.44. The second-order valence-electron chi connectivity index (χ2n) is 4.41. The number of benzene rings is 2. The Labute approximate surface area is 121 Å². The summed E-state index contributed by atoms with van der Waals surface area (Å²) in [6.07, 6.45) is 0.419. The SMILES string of the molecule is N[C@@H](Cc1ccccc1)C(=O)Nc1ccc(Cl)c(F)c1. The van der Waals surface area contributed by atoms with Crippen molar-refractivity contribution < 1.29 is 9.18 Å². The minimum absolute atomic E-state index is 0.0107. The van der Waals surface area contributed by atoms with Crippen LogP contribution in [0.3, 0.4) is 0 Å². The molecule has 20 heavy (non-hydrogen) atoms. The topological polar surface area (TPSA) is 55.1 Å². The number of anilines is 1. The molecule has 0 bridgehead atoms. The van der Waals surface area contributed by atoms with Gasteiger partial charge in [0, 0.05) is 5.69 Å². The molecule has 3 nitrogen and oxygen atoms in total. The molecule has 0 aliphatic heterocycles. The van der Waals surface area contributed by atoms with Gasteiger partial charge in [-0.1, -0.05) is 41.9 Å². The minimum atomic E-state index is -0.698. The maximum Gasteiger partial charge on any atom is 0.241 e. The highest BCUT2D eigenvalue weighted by atomic mass is 35.5. The zero-order chi connectivity index (χ0) is 14.5. The second-order valence-corrected chi connectivity index (χ2v) is 4.82.